The van der Waals surface area contributed by atoms with Gasteiger partial charge in [-0.1, -0.05) is 35.9 Å². The number of amides is 4. The number of carbonyl (C=O) groups excluding carboxylic acids is 4. The Labute approximate surface area is 222 Å². The first-order valence-electron chi connectivity index (χ1n) is 11.8. The van der Waals surface area contributed by atoms with E-state index in [-0.39, 0.29) is 23.9 Å². The van der Waals surface area contributed by atoms with Crippen molar-refractivity contribution in [3.05, 3.63) is 69.7 Å². The largest absolute Gasteiger partial charge is 0.357 e. The van der Waals surface area contributed by atoms with E-state index < -0.39 is 45.2 Å². The molecule has 0 spiro atoms. The highest BCUT2D eigenvalue weighted by atomic mass is 35.5. The summed E-state index contributed by atoms with van der Waals surface area (Å²) < 4.78 is 29.7. The van der Waals surface area contributed by atoms with Crippen LogP contribution in [0.3, 0.4) is 0 Å². The molecule has 7 nitrogen and oxygen atoms in total. The monoisotopic (exact) mass is 521 g/mol. The number of carbonyl (C=O) groups is 4. The van der Waals surface area contributed by atoms with Crippen LogP contribution >= 0.6 is 11.6 Å². The Balaban J connectivity index is 1.58. The van der Waals surface area contributed by atoms with Crippen molar-refractivity contribution in [3.63, 3.8) is 0 Å². The molecule has 2 N–H and O–H groups in total. The van der Waals surface area contributed by atoms with E-state index in [1.165, 1.54) is 17.0 Å². The predicted octanol–water partition coefficient (Wildman–Crippen LogP) is -2.66. The van der Waals surface area contributed by atoms with Crippen molar-refractivity contribution in [2.24, 2.45) is 0 Å². The van der Waals surface area contributed by atoms with Crippen molar-refractivity contribution in [1.29, 1.82) is 0 Å². The van der Waals surface area contributed by atoms with Gasteiger partial charge in [0.15, 0.2) is 0 Å². The standard InChI is InChI=1S/C22H23B5ClF2N3O4/c23-19(24)9-20(25,17(36)31-16(19)35)33-8-10-7-12(3-6-14(10)15(33)34)22(26,27)32-18(37)21(29,30)11-1-4-13(28)5-2-11/h1-7H,8-9,23-27H2,(H,32,37)(H,31,35,36). The third kappa shape index (κ3) is 4.60. The summed E-state index contributed by atoms with van der Waals surface area (Å²) in [5.41, 5.74) is -0.257. The molecular weight excluding hydrogens is 498 g/mol. The Morgan fingerprint density at radius 2 is 1.59 bits per heavy atom. The van der Waals surface area contributed by atoms with Crippen molar-refractivity contribution >= 4 is 74.5 Å². The van der Waals surface area contributed by atoms with Gasteiger partial charge < -0.3 is 10.2 Å². The first-order valence-corrected chi connectivity index (χ1v) is 12.1. The van der Waals surface area contributed by atoms with Crippen LogP contribution in [0.4, 0.5) is 8.78 Å². The zero-order valence-corrected chi connectivity index (χ0v) is 21.9. The Bertz CT molecular complexity index is 1340. The molecule has 2 aliphatic rings. The lowest BCUT2D eigenvalue weighted by atomic mass is 9.45. The maximum absolute atomic E-state index is 14.9. The van der Waals surface area contributed by atoms with Crippen LogP contribution in [0.25, 0.3) is 0 Å². The molecule has 0 aliphatic carbocycles. The summed E-state index contributed by atoms with van der Waals surface area (Å²) in [6, 6.07) is 9.61. The lowest BCUT2D eigenvalue weighted by molar-refractivity contribution is -0.147. The number of halogens is 3. The van der Waals surface area contributed by atoms with E-state index >= 15 is 0 Å². The fraction of sp³-hybridized carbons (Fsp3) is 0.273. The lowest BCUT2D eigenvalue weighted by Gasteiger charge is -2.46. The number of benzene rings is 2. The molecule has 1 atom stereocenters. The fourth-order valence-corrected chi connectivity index (χ4v) is 5.10. The SMILES string of the molecule is BC1(B)CC(B)(N2Cc3cc(C(B)(B)NC(=O)C(F)(F)c4ccc(Cl)cc4)ccc3C2=O)C(=O)NC1=O. The van der Waals surface area contributed by atoms with Crippen LogP contribution in [0.1, 0.15) is 33.5 Å². The lowest BCUT2D eigenvalue weighted by Crippen LogP contribution is -2.67. The number of imide groups is 1. The molecule has 15 heteroatoms. The highest BCUT2D eigenvalue weighted by Gasteiger charge is 2.53. The number of rotatable bonds is 5. The highest BCUT2D eigenvalue weighted by molar-refractivity contribution is 6.53. The van der Waals surface area contributed by atoms with Gasteiger partial charge in [0.25, 0.3) is 11.8 Å². The minimum absolute atomic E-state index is 0.0984. The second-order valence-corrected chi connectivity index (χ2v) is 11.5. The first-order chi connectivity index (χ1) is 17.0. The van der Waals surface area contributed by atoms with Crippen LogP contribution in [-0.2, 0) is 32.2 Å². The summed E-state index contributed by atoms with van der Waals surface area (Å²) in [5.74, 6) is -6.57. The summed E-state index contributed by atoms with van der Waals surface area (Å²) in [5, 5.41) is 2.99. The molecule has 4 rings (SSSR count). The smallest absolute Gasteiger partial charge is 0.349 e. The molecule has 4 amide bonds. The summed E-state index contributed by atoms with van der Waals surface area (Å²) in [6.07, 6.45) is 0.151. The average molecular weight is 521 g/mol. The van der Waals surface area contributed by atoms with E-state index in [0.29, 0.717) is 16.7 Å². The molecule has 37 heavy (non-hydrogen) atoms. The first kappa shape index (κ1) is 27.0. The predicted molar refractivity (Wildman–Crippen MR) is 147 cm³/mol. The topological polar surface area (TPSA) is 95.6 Å². The van der Waals surface area contributed by atoms with Gasteiger partial charge in [0.2, 0.25) is 11.8 Å². The second-order valence-electron chi connectivity index (χ2n) is 11.0. The van der Waals surface area contributed by atoms with E-state index in [0.717, 1.165) is 12.1 Å². The number of hydrogen-bond donors (Lipinski definition) is 2. The Morgan fingerprint density at radius 3 is 2.22 bits per heavy atom. The van der Waals surface area contributed by atoms with Crippen molar-refractivity contribution in [1.82, 2.24) is 15.5 Å². The van der Waals surface area contributed by atoms with Crippen LogP contribution in [0, 0.1) is 0 Å². The molecule has 2 aromatic carbocycles. The van der Waals surface area contributed by atoms with Gasteiger partial charge in [-0.2, -0.15) is 8.78 Å². The van der Waals surface area contributed by atoms with E-state index in [4.69, 9.17) is 11.6 Å². The van der Waals surface area contributed by atoms with Crippen LogP contribution < -0.4 is 10.6 Å². The molecular formula is C22H23B5ClF2N3O4. The number of piperidine rings is 1. The third-order valence-corrected chi connectivity index (χ3v) is 7.51. The summed E-state index contributed by atoms with van der Waals surface area (Å²) >= 11 is 5.77. The normalized spacial score (nSPS) is 21.4. The molecule has 1 saturated heterocycles. The molecule has 0 saturated carbocycles. The van der Waals surface area contributed by atoms with Gasteiger partial charge in [0, 0.05) is 28.0 Å². The van der Waals surface area contributed by atoms with E-state index in [2.05, 4.69) is 10.6 Å². The van der Waals surface area contributed by atoms with Gasteiger partial charge in [-0.25, -0.2) is 0 Å². The highest BCUT2D eigenvalue weighted by Crippen LogP contribution is 2.40. The number of nitrogens with zero attached hydrogens (tertiary/aromatic N) is 1. The Hall–Kier alpha value is -3.01. The quantitative estimate of drug-likeness (QED) is 0.332. The van der Waals surface area contributed by atoms with Crippen molar-refractivity contribution < 1.29 is 28.0 Å². The van der Waals surface area contributed by atoms with Crippen molar-refractivity contribution in [2.45, 2.75) is 34.9 Å². The Kier molecular flexibility index (Phi) is 6.42. The Morgan fingerprint density at radius 1 is 1.00 bits per heavy atom. The average Bonchev–Trinajstić information content (AvgIpc) is 3.14. The maximum Gasteiger partial charge on any atom is 0.349 e. The molecule has 0 bridgehead atoms. The molecule has 2 heterocycles. The van der Waals surface area contributed by atoms with Gasteiger partial charge in [0.1, 0.15) is 39.2 Å². The number of fused-ring (bicyclic) bond motifs is 1. The molecule has 1 fully saturated rings. The molecule has 2 aromatic rings. The van der Waals surface area contributed by atoms with Crippen molar-refractivity contribution in [2.75, 3.05) is 0 Å². The van der Waals surface area contributed by atoms with Gasteiger partial charge in [-0.05, 0) is 41.0 Å². The van der Waals surface area contributed by atoms with Crippen LogP contribution in [-0.4, -0.2) is 73.2 Å². The summed E-state index contributed by atoms with van der Waals surface area (Å²) in [7, 11) is 8.23. The maximum atomic E-state index is 14.9. The number of alkyl halides is 2. The minimum atomic E-state index is -3.79. The van der Waals surface area contributed by atoms with Gasteiger partial charge in [-0.15, -0.1) is 0 Å². The van der Waals surface area contributed by atoms with E-state index in [1.54, 1.807) is 57.4 Å². The summed E-state index contributed by atoms with van der Waals surface area (Å²) in [6.45, 7) is 0.0984. The number of nitrogens with one attached hydrogen (secondary N) is 2. The molecule has 2 aliphatic heterocycles. The zero-order valence-electron chi connectivity index (χ0n) is 21.2. The molecule has 1 unspecified atom stereocenters. The van der Waals surface area contributed by atoms with Gasteiger partial charge in [0.05, 0.1) is 5.44 Å². The van der Waals surface area contributed by atoms with Gasteiger partial charge in [-0.3, -0.25) is 24.5 Å². The second kappa shape index (κ2) is 8.79. The minimum Gasteiger partial charge on any atom is -0.357 e. The van der Waals surface area contributed by atoms with Crippen LogP contribution in [0.2, 0.25) is 10.2 Å². The van der Waals surface area contributed by atoms with E-state index in [1.807, 2.05) is 0 Å². The fourth-order valence-electron chi connectivity index (χ4n) is 4.98. The third-order valence-electron chi connectivity index (χ3n) is 7.26. The van der Waals surface area contributed by atoms with Crippen LogP contribution in [0.5, 0.6) is 0 Å². The van der Waals surface area contributed by atoms with Crippen molar-refractivity contribution in [3.8, 4) is 0 Å². The molecule has 0 radical (unpaired) electrons. The van der Waals surface area contributed by atoms with E-state index in [9.17, 15) is 28.0 Å². The number of hydrogen-bond acceptors (Lipinski definition) is 4. The van der Waals surface area contributed by atoms with Crippen LogP contribution in [0.15, 0.2) is 42.5 Å². The summed E-state index contributed by atoms with van der Waals surface area (Å²) in [4.78, 5) is 52.4. The molecule has 0 aromatic heterocycles. The molecule has 186 valence electrons. The van der Waals surface area contributed by atoms with Gasteiger partial charge >= 0.3 is 5.92 Å². The zero-order chi connectivity index (χ0) is 27.6.